The second kappa shape index (κ2) is 10.2. The molecule has 31 heavy (non-hydrogen) atoms. The molecule has 3 heterocycles. The Balaban J connectivity index is 1.68. The van der Waals surface area contributed by atoms with Gasteiger partial charge in [-0.1, -0.05) is 13.8 Å². The van der Waals surface area contributed by atoms with E-state index in [1.54, 1.807) is 6.20 Å². The highest BCUT2D eigenvalue weighted by molar-refractivity contribution is 7.95. The topological polar surface area (TPSA) is 75.1 Å². The van der Waals surface area contributed by atoms with E-state index in [-0.39, 0.29) is 24.2 Å². The maximum atomic E-state index is 12.9. The molecule has 0 radical (unpaired) electrons. The molecule has 2 N–H and O–H groups in total. The first-order valence-corrected chi connectivity index (χ1v) is 11.7. The quantitative estimate of drug-likeness (QED) is 0.552. The first kappa shape index (κ1) is 23.9. The lowest BCUT2D eigenvalue weighted by molar-refractivity contribution is 0.0286. The van der Waals surface area contributed by atoms with Crippen LogP contribution < -0.4 is 15.6 Å². The van der Waals surface area contributed by atoms with Gasteiger partial charge in [0.25, 0.3) is 11.5 Å². The highest BCUT2D eigenvalue weighted by atomic mass is 32.2. The van der Waals surface area contributed by atoms with Gasteiger partial charge in [-0.15, -0.1) is 0 Å². The number of nitrogens with one attached hydrogen (secondary N) is 2. The molecule has 2 aromatic rings. The largest absolute Gasteiger partial charge is 0.351 e. The van der Waals surface area contributed by atoms with Crippen LogP contribution in [0.3, 0.4) is 0 Å². The third-order valence-electron chi connectivity index (χ3n) is 5.62. The van der Waals surface area contributed by atoms with E-state index in [9.17, 15) is 13.6 Å². The zero-order valence-corrected chi connectivity index (χ0v) is 19.4. The molecular formula is C21H32F2N6OS. The third-order valence-corrected chi connectivity index (χ3v) is 6.52. The van der Waals surface area contributed by atoms with Gasteiger partial charge in [0.1, 0.15) is 5.65 Å². The van der Waals surface area contributed by atoms with E-state index < -0.39 is 5.92 Å². The van der Waals surface area contributed by atoms with Gasteiger partial charge in [0.15, 0.2) is 0 Å². The van der Waals surface area contributed by atoms with E-state index in [1.807, 2.05) is 17.6 Å². The van der Waals surface area contributed by atoms with E-state index in [4.69, 9.17) is 4.98 Å². The number of hydrogen-bond donors (Lipinski definition) is 2. The van der Waals surface area contributed by atoms with Gasteiger partial charge in [-0.05, 0) is 38.7 Å². The van der Waals surface area contributed by atoms with Crippen molar-refractivity contribution in [1.29, 1.82) is 0 Å². The van der Waals surface area contributed by atoms with Gasteiger partial charge in [0.05, 0.1) is 6.54 Å². The fourth-order valence-electron chi connectivity index (χ4n) is 3.84. The smallest absolute Gasteiger partial charge is 0.258 e. The number of piperidine rings is 1. The molecule has 0 aliphatic carbocycles. The molecule has 1 aliphatic heterocycles. The summed E-state index contributed by atoms with van der Waals surface area (Å²) < 4.78 is 32.4. The minimum absolute atomic E-state index is 0.00124. The molecule has 2 aromatic heterocycles. The second-order valence-electron chi connectivity index (χ2n) is 8.28. The monoisotopic (exact) mass is 454 g/mol. The molecule has 10 heteroatoms. The Kier molecular flexibility index (Phi) is 7.87. The van der Waals surface area contributed by atoms with Crippen LogP contribution in [0.15, 0.2) is 17.1 Å². The summed E-state index contributed by atoms with van der Waals surface area (Å²) in [6, 6.07) is 2.14. The van der Waals surface area contributed by atoms with Gasteiger partial charge in [-0.2, -0.15) is 4.98 Å². The Labute approximate surface area is 186 Å². The van der Waals surface area contributed by atoms with Crippen LogP contribution in [-0.2, 0) is 0 Å². The molecule has 0 spiro atoms. The Morgan fingerprint density at radius 2 is 1.97 bits per heavy atom. The predicted octanol–water partition coefficient (Wildman–Crippen LogP) is 4.15. The lowest BCUT2D eigenvalue weighted by atomic mass is 10.1. The van der Waals surface area contributed by atoms with E-state index in [1.165, 1.54) is 12.1 Å². The summed E-state index contributed by atoms with van der Waals surface area (Å²) in [7, 11) is 0. The average Bonchev–Trinajstić information content (AvgIpc) is 2.72. The molecule has 0 amide bonds. The summed E-state index contributed by atoms with van der Waals surface area (Å²) in [4.78, 5) is 22.0. The maximum absolute atomic E-state index is 12.9. The van der Waals surface area contributed by atoms with Crippen LogP contribution in [0.1, 0.15) is 58.1 Å². The first-order chi connectivity index (χ1) is 14.7. The summed E-state index contributed by atoms with van der Waals surface area (Å²) in [5.41, 5.74) is 1.36. The SMILES string of the molecule is CCC(CC)n1c(=O)c(C)cc2cnc(NC3CCN(SNCC(C)(F)F)CC3)nc21. The number of aryl methyl sites for hydroxylation is 1. The van der Waals surface area contributed by atoms with Crippen molar-refractivity contribution in [2.45, 2.75) is 71.4 Å². The summed E-state index contributed by atoms with van der Waals surface area (Å²) in [6.45, 7) is 8.10. The second-order valence-corrected chi connectivity index (χ2v) is 9.26. The lowest BCUT2D eigenvalue weighted by Gasteiger charge is -2.31. The summed E-state index contributed by atoms with van der Waals surface area (Å²) in [5.74, 6) is -2.20. The van der Waals surface area contributed by atoms with Gasteiger partial charge in [-0.3, -0.25) is 9.36 Å². The Morgan fingerprint density at radius 3 is 2.58 bits per heavy atom. The van der Waals surface area contributed by atoms with E-state index in [0.717, 1.165) is 51.1 Å². The zero-order valence-electron chi connectivity index (χ0n) is 18.6. The van der Waals surface area contributed by atoms with Crippen molar-refractivity contribution in [1.82, 2.24) is 23.6 Å². The number of aromatic nitrogens is 3. The molecule has 3 rings (SSSR count). The number of rotatable bonds is 9. The molecule has 0 aromatic carbocycles. The van der Waals surface area contributed by atoms with Crippen molar-refractivity contribution in [2.24, 2.45) is 0 Å². The van der Waals surface area contributed by atoms with Crippen LogP contribution in [0.25, 0.3) is 11.0 Å². The van der Waals surface area contributed by atoms with Crippen molar-refractivity contribution in [3.05, 3.63) is 28.2 Å². The molecule has 7 nitrogen and oxygen atoms in total. The number of alkyl halides is 2. The van der Waals surface area contributed by atoms with Crippen LogP contribution in [0.5, 0.6) is 0 Å². The number of halogens is 2. The average molecular weight is 455 g/mol. The zero-order chi connectivity index (χ0) is 22.6. The minimum atomic E-state index is -2.71. The Bertz CT molecular complexity index is 936. The fraction of sp³-hybridized carbons (Fsp3) is 0.667. The Hall–Kier alpha value is -1.78. The van der Waals surface area contributed by atoms with Crippen LogP contribution in [0.2, 0.25) is 0 Å². The number of hydrogen-bond acceptors (Lipinski definition) is 7. The summed E-state index contributed by atoms with van der Waals surface area (Å²) >= 11 is 1.25. The molecule has 0 atom stereocenters. The van der Waals surface area contributed by atoms with Crippen molar-refractivity contribution in [3.63, 3.8) is 0 Å². The van der Waals surface area contributed by atoms with Crippen molar-refractivity contribution in [3.8, 4) is 0 Å². The fourth-order valence-corrected chi connectivity index (χ4v) is 4.74. The van der Waals surface area contributed by atoms with Crippen LogP contribution >= 0.6 is 12.1 Å². The lowest BCUT2D eigenvalue weighted by Crippen LogP contribution is -2.38. The highest BCUT2D eigenvalue weighted by Crippen LogP contribution is 2.23. The molecule has 1 aliphatic rings. The van der Waals surface area contributed by atoms with Gasteiger partial charge in [-0.25, -0.2) is 22.8 Å². The number of pyridine rings is 1. The minimum Gasteiger partial charge on any atom is -0.351 e. The van der Waals surface area contributed by atoms with E-state index in [2.05, 4.69) is 33.2 Å². The van der Waals surface area contributed by atoms with Crippen LogP contribution in [0, 0.1) is 6.92 Å². The van der Waals surface area contributed by atoms with Crippen LogP contribution in [0.4, 0.5) is 14.7 Å². The first-order valence-electron chi connectivity index (χ1n) is 10.9. The third kappa shape index (κ3) is 6.14. The molecule has 1 saturated heterocycles. The predicted molar refractivity (Wildman–Crippen MR) is 123 cm³/mol. The number of fused-ring (bicyclic) bond motifs is 1. The number of anilines is 1. The van der Waals surface area contributed by atoms with Gasteiger partial charge >= 0.3 is 0 Å². The van der Waals surface area contributed by atoms with Gasteiger partial charge < -0.3 is 5.32 Å². The highest BCUT2D eigenvalue weighted by Gasteiger charge is 2.24. The molecular weight excluding hydrogens is 422 g/mol. The standard InChI is InChI=1S/C21H32F2N6OS/c1-5-17(6-2)29-18-15(11-14(3)19(29)30)12-24-20(27-18)26-16-7-9-28(10-8-16)31-25-13-21(4,22)23/h11-12,16-17,25H,5-10,13H2,1-4H3,(H,24,26,27). The summed E-state index contributed by atoms with van der Waals surface area (Å²) in [6.07, 6.45) is 5.19. The van der Waals surface area contributed by atoms with Gasteiger partial charge in [0, 0.05) is 61.4 Å². The van der Waals surface area contributed by atoms with E-state index in [0.29, 0.717) is 17.2 Å². The molecule has 0 bridgehead atoms. The van der Waals surface area contributed by atoms with Crippen molar-refractivity contribution in [2.75, 3.05) is 25.0 Å². The maximum Gasteiger partial charge on any atom is 0.258 e. The Morgan fingerprint density at radius 1 is 1.29 bits per heavy atom. The molecule has 172 valence electrons. The van der Waals surface area contributed by atoms with Crippen molar-refractivity contribution >= 4 is 29.1 Å². The molecule has 0 unspecified atom stereocenters. The normalized spacial score (nSPS) is 16.4. The van der Waals surface area contributed by atoms with Crippen LogP contribution in [-0.4, -0.2) is 50.4 Å². The molecule has 0 saturated carbocycles. The van der Waals surface area contributed by atoms with Gasteiger partial charge in [0.2, 0.25) is 5.95 Å². The number of nitrogens with zero attached hydrogens (tertiary/aromatic N) is 4. The molecule has 1 fully saturated rings. The van der Waals surface area contributed by atoms with Crippen molar-refractivity contribution < 1.29 is 8.78 Å². The van der Waals surface area contributed by atoms with E-state index >= 15 is 0 Å². The summed E-state index contributed by atoms with van der Waals surface area (Å²) in [5, 5.41) is 4.26.